The number of aromatic nitrogens is 1. The van der Waals surface area contributed by atoms with E-state index in [1.54, 1.807) is 30.5 Å². The number of hydrogen-bond donors (Lipinski definition) is 3. The highest BCUT2D eigenvalue weighted by Crippen LogP contribution is 2.45. The topological polar surface area (TPSA) is 113 Å². The molecule has 4 rings (SSSR count). The average Bonchev–Trinajstić information content (AvgIpc) is 3.10. The normalized spacial score (nSPS) is 17.1. The number of ether oxygens (including phenoxy) is 1. The van der Waals surface area contributed by atoms with Gasteiger partial charge in [0, 0.05) is 17.2 Å². The Labute approximate surface area is 161 Å². The van der Waals surface area contributed by atoms with Crippen molar-refractivity contribution in [1.29, 1.82) is 0 Å². The van der Waals surface area contributed by atoms with E-state index in [1.807, 2.05) is 19.9 Å². The quantitative estimate of drug-likeness (QED) is 0.616. The molecule has 7 nitrogen and oxygen atoms in total. The van der Waals surface area contributed by atoms with Gasteiger partial charge in [-0.05, 0) is 49.7 Å². The number of benzene rings is 1. The Balaban J connectivity index is 1.73. The van der Waals surface area contributed by atoms with Gasteiger partial charge in [0.15, 0.2) is 5.78 Å². The Kier molecular flexibility index (Phi) is 4.45. The smallest absolute Gasteiger partial charge is 0.226 e. The monoisotopic (exact) mass is 383 g/mol. The summed E-state index contributed by atoms with van der Waals surface area (Å²) in [5, 5.41) is 28.8. The summed E-state index contributed by atoms with van der Waals surface area (Å²) in [4.78, 5) is 17.4. The number of aliphatic hydroxyl groups excluding tert-OH is 3. The number of furan rings is 1. The van der Waals surface area contributed by atoms with Crippen LogP contribution in [0.1, 0.15) is 41.1 Å². The fourth-order valence-corrected chi connectivity index (χ4v) is 3.60. The number of carbonyl (C=O) groups excluding carboxylic acids is 1. The molecule has 3 N–H and O–H groups in total. The molecule has 0 aliphatic heterocycles. The number of rotatable bonds is 5. The van der Waals surface area contributed by atoms with E-state index < -0.39 is 24.2 Å². The first-order valence-corrected chi connectivity index (χ1v) is 9.01. The number of ketones is 1. The molecule has 1 aliphatic rings. The van der Waals surface area contributed by atoms with Crippen LogP contribution in [0.2, 0.25) is 0 Å². The average molecular weight is 383 g/mol. The van der Waals surface area contributed by atoms with Crippen LogP contribution in [-0.2, 0) is 5.41 Å². The molecular formula is C21H21NO6. The lowest BCUT2D eigenvalue weighted by Gasteiger charge is -2.30. The second kappa shape index (κ2) is 6.70. The molecule has 2 heterocycles. The number of aliphatic hydroxyl groups is 3. The summed E-state index contributed by atoms with van der Waals surface area (Å²) in [5.41, 5.74) is 1.68. The molecule has 0 radical (unpaired) electrons. The summed E-state index contributed by atoms with van der Waals surface area (Å²) in [7, 11) is 0. The molecule has 3 aromatic rings. The number of pyridine rings is 1. The molecule has 0 bridgehead atoms. The molecule has 2 atom stereocenters. The zero-order chi connectivity index (χ0) is 20.1. The van der Waals surface area contributed by atoms with Gasteiger partial charge in [0.2, 0.25) is 5.71 Å². The molecule has 0 spiro atoms. The van der Waals surface area contributed by atoms with E-state index in [0.29, 0.717) is 33.7 Å². The molecule has 0 fully saturated rings. The molecule has 28 heavy (non-hydrogen) atoms. The first-order valence-electron chi connectivity index (χ1n) is 9.01. The predicted octanol–water partition coefficient (Wildman–Crippen LogP) is 1.79. The van der Waals surface area contributed by atoms with Crippen LogP contribution in [0.25, 0.3) is 11.1 Å². The van der Waals surface area contributed by atoms with Crippen molar-refractivity contribution in [2.24, 2.45) is 0 Å². The van der Waals surface area contributed by atoms with Crippen LogP contribution in [0.3, 0.4) is 0 Å². The summed E-state index contributed by atoms with van der Waals surface area (Å²) in [5.74, 6) is 0.881. The van der Waals surface area contributed by atoms with Gasteiger partial charge in [-0.2, -0.15) is 0 Å². The third-order valence-corrected chi connectivity index (χ3v) is 5.22. The lowest BCUT2D eigenvalue weighted by Crippen LogP contribution is -2.34. The van der Waals surface area contributed by atoms with Crippen molar-refractivity contribution in [2.75, 3.05) is 13.2 Å². The van der Waals surface area contributed by atoms with Crippen LogP contribution in [0.4, 0.5) is 0 Å². The van der Waals surface area contributed by atoms with Crippen LogP contribution < -0.4 is 4.74 Å². The molecule has 0 saturated heterocycles. The summed E-state index contributed by atoms with van der Waals surface area (Å²) in [6, 6.07) is 8.69. The van der Waals surface area contributed by atoms with Gasteiger partial charge >= 0.3 is 0 Å². The molecule has 146 valence electrons. The SMILES string of the molecule is CC1(C)c2cc(OC[C@@H](O)[C@H](O)CO)ccc2C(=O)c2c1oc1ncccc21. The predicted molar refractivity (Wildman–Crippen MR) is 101 cm³/mol. The zero-order valence-corrected chi connectivity index (χ0v) is 15.5. The van der Waals surface area contributed by atoms with E-state index in [0.717, 1.165) is 5.56 Å². The minimum absolute atomic E-state index is 0.127. The Hall–Kier alpha value is -2.74. The van der Waals surface area contributed by atoms with Crippen LogP contribution in [0, 0.1) is 0 Å². The fraction of sp³-hybridized carbons (Fsp3) is 0.333. The lowest BCUT2D eigenvalue weighted by atomic mass is 9.72. The van der Waals surface area contributed by atoms with Crippen molar-refractivity contribution in [3.8, 4) is 5.75 Å². The number of carbonyl (C=O) groups is 1. The molecule has 0 amide bonds. The van der Waals surface area contributed by atoms with Gasteiger partial charge < -0.3 is 24.5 Å². The van der Waals surface area contributed by atoms with E-state index >= 15 is 0 Å². The molecule has 0 unspecified atom stereocenters. The maximum Gasteiger partial charge on any atom is 0.226 e. The van der Waals surface area contributed by atoms with Crippen molar-refractivity contribution in [3.63, 3.8) is 0 Å². The third-order valence-electron chi connectivity index (χ3n) is 5.22. The first kappa shape index (κ1) is 18.6. The van der Waals surface area contributed by atoms with Crippen molar-refractivity contribution in [2.45, 2.75) is 31.5 Å². The minimum atomic E-state index is -1.28. The minimum Gasteiger partial charge on any atom is -0.491 e. The maximum atomic E-state index is 13.1. The molecule has 0 saturated carbocycles. The van der Waals surface area contributed by atoms with Crippen molar-refractivity contribution in [1.82, 2.24) is 4.98 Å². The summed E-state index contributed by atoms with van der Waals surface area (Å²) in [6.45, 7) is 3.19. The van der Waals surface area contributed by atoms with E-state index in [1.165, 1.54) is 0 Å². The van der Waals surface area contributed by atoms with Crippen LogP contribution in [0.15, 0.2) is 40.9 Å². The zero-order valence-electron chi connectivity index (χ0n) is 15.5. The van der Waals surface area contributed by atoms with E-state index in [2.05, 4.69) is 4.98 Å². The van der Waals surface area contributed by atoms with Crippen molar-refractivity contribution in [3.05, 3.63) is 59.0 Å². The van der Waals surface area contributed by atoms with Gasteiger partial charge in [0.25, 0.3) is 0 Å². The number of hydrogen-bond acceptors (Lipinski definition) is 7. The van der Waals surface area contributed by atoms with Crippen LogP contribution in [0.5, 0.6) is 5.75 Å². The third kappa shape index (κ3) is 2.79. The van der Waals surface area contributed by atoms with Crippen molar-refractivity contribution >= 4 is 16.9 Å². The molecule has 1 aliphatic carbocycles. The summed E-state index contributed by atoms with van der Waals surface area (Å²) < 4.78 is 11.5. The highest BCUT2D eigenvalue weighted by Gasteiger charge is 2.42. The van der Waals surface area contributed by atoms with Gasteiger partial charge in [0.05, 0.1) is 17.6 Å². The van der Waals surface area contributed by atoms with Gasteiger partial charge in [-0.1, -0.05) is 0 Å². The van der Waals surface area contributed by atoms with Crippen LogP contribution >= 0.6 is 0 Å². The van der Waals surface area contributed by atoms with Gasteiger partial charge in [-0.15, -0.1) is 0 Å². The van der Waals surface area contributed by atoms with Gasteiger partial charge in [-0.25, -0.2) is 4.98 Å². The molecule has 7 heteroatoms. The Morgan fingerprint density at radius 1 is 1.21 bits per heavy atom. The largest absolute Gasteiger partial charge is 0.491 e. The Bertz CT molecular complexity index is 1050. The lowest BCUT2D eigenvalue weighted by molar-refractivity contribution is -0.0339. The second-order valence-electron chi connectivity index (χ2n) is 7.45. The molecule has 1 aromatic carbocycles. The Morgan fingerprint density at radius 3 is 2.75 bits per heavy atom. The maximum absolute atomic E-state index is 13.1. The van der Waals surface area contributed by atoms with Gasteiger partial charge in [-0.3, -0.25) is 4.79 Å². The standard InChI is InChI=1S/C21H21NO6/c1-21(2)14-8-11(27-10-16(25)15(24)9-23)5-6-12(14)18(26)17-13-4-3-7-22-20(13)28-19(17)21/h3-8,15-16,23-25H,9-10H2,1-2H3/t15-,16-/m1/s1. The second-order valence-corrected chi connectivity index (χ2v) is 7.45. The first-order chi connectivity index (χ1) is 13.3. The number of nitrogens with zero attached hydrogens (tertiary/aromatic N) is 1. The highest BCUT2D eigenvalue weighted by atomic mass is 16.5. The molecular weight excluding hydrogens is 362 g/mol. The van der Waals surface area contributed by atoms with Gasteiger partial charge in [0.1, 0.15) is 30.3 Å². The summed E-state index contributed by atoms with van der Waals surface area (Å²) in [6.07, 6.45) is -0.870. The van der Waals surface area contributed by atoms with E-state index in [-0.39, 0.29) is 12.4 Å². The van der Waals surface area contributed by atoms with Crippen LogP contribution in [-0.4, -0.2) is 51.5 Å². The molecule has 2 aromatic heterocycles. The van der Waals surface area contributed by atoms with E-state index in [4.69, 9.17) is 14.3 Å². The van der Waals surface area contributed by atoms with E-state index in [9.17, 15) is 15.0 Å². The highest BCUT2D eigenvalue weighted by molar-refractivity contribution is 6.19. The van der Waals surface area contributed by atoms with Crippen molar-refractivity contribution < 1.29 is 29.3 Å². The fourth-order valence-electron chi connectivity index (χ4n) is 3.60. The summed E-state index contributed by atoms with van der Waals surface area (Å²) >= 11 is 0. The number of fused-ring (bicyclic) bond motifs is 4. The Morgan fingerprint density at radius 2 is 2.00 bits per heavy atom.